The van der Waals surface area contributed by atoms with Gasteiger partial charge in [0.05, 0.1) is 7.11 Å². The molecule has 1 aromatic heterocycles. The summed E-state index contributed by atoms with van der Waals surface area (Å²) in [5.74, 6) is 0.975. The smallest absolute Gasteiger partial charge is 0.248 e. The second kappa shape index (κ2) is 10.1. The number of piperidine rings is 2. The van der Waals surface area contributed by atoms with E-state index in [4.69, 9.17) is 9.26 Å². The molecule has 0 spiro atoms. The van der Waals surface area contributed by atoms with E-state index < -0.39 is 10.0 Å². The third-order valence-electron chi connectivity index (χ3n) is 6.42. The molecule has 178 valence electrons. The quantitative estimate of drug-likeness (QED) is 0.637. The Morgan fingerprint density at radius 3 is 2.55 bits per heavy atom. The first-order chi connectivity index (χ1) is 15.9. The summed E-state index contributed by atoms with van der Waals surface area (Å²) >= 11 is 0. The summed E-state index contributed by atoms with van der Waals surface area (Å²) < 4.78 is 39.0. The molecule has 2 fully saturated rings. The van der Waals surface area contributed by atoms with Gasteiger partial charge < -0.3 is 14.2 Å². The standard InChI is InChI=1S/C24H31N3O5S/c1-18-23(22(32-25-18)10-9-19-7-6-8-21(17-19)31-2)33(29,30)27-15-11-20(12-16-27)24(28)26-13-4-3-5-14-26/h6-10,17,20H,3-5,11-16H2,1-2H3/b10-9+. The van der Waals surface area contributed by atoms with Crippen LogP contribution in [-0.2, 0) is 14.8 Å². The van der Waals surface area contributed by atoms with Crippen molar-refractivity contribution in [2.45, 2.75) is 43.9 Å². The number of nitrogens with zero attached hydrogens (tertiary/aromatic N) is 3. The van der Waals surface area contributed by atoms with Crippen LogP contribution in [0.25, 0.3) is 12.2 Å². The predicted molar refractivity (Wildman–Crippen MR) is 125 cm³/mol. The van der Waals surface area contributed by atoms with Crippen molar-refractivity contribution in [3.05, 3.63) is 41.3 Å². The Morgan fingerprint density at radius 2 is 1.85 bits per heavy atom. The predicted octanol–water partition coefficient (Wildman–Crippen LogP) is 3.58. The summed E-state index contributed by atoms with van der Waals surface area (Å²) in [6.45, 7) is 3.90. The largest absolute Gasteiger partial charge is 0.497 e. The zero-order valence-electron chi connectivity index (χ0n) is 19.2. The van der Waals surface area contributed by atoms with Crippen molar-refractivity contribution in [2.24, 2.45) is 5.92 Å². The number of aromatic nitrogens is 1. The molecule has 3 heterocycles. The van der Waals surface area contributed by atoms with Crippen LogP contribution in [0.1, 0.15) is 49.1 Å². The van der Waals surface area contributed by atoms with Gasteiger partial charge in [-0.15, -0.1) is 0 Å². The second-order valence-corrected chi connectivity index (χ2v) is 10.5. The van der Waals surface area contributed by atoms with Gasteiger partial charge in [-0.25, -0.2) is 8.42 Å². The highest BCUT2D eigenvalue weighted by molar-refractivity contribution is 7.89. The molecule has 8 nitrogen and oxygen atoms in total. The van der Waals surface area contributed by atoms with Gasteiger partial charge in [0, 0.05) is 32.1 Å². The number of hydrogen-bond donors (Lipinski definition) is 0. The number of aryl methyl sites for hydroxylation is 1. The second-order valence-electron chi connectivity index (χ2n) is 8.64. The van der Waals surface area contributed by atoms with E-state index in [1.807, 2.05) is 29.2 Å². The highest BCUT2D eigenvalue weighted by Gasteiger charge is 2.37. The number of hydrogen-bond acceptors (Lipinski definition) is 6. The lowest BCUT2D eigenvalue weighted by Crippen LogP contribution is -2.45. The van der Waals surface area contributed by atoms with Crippen LogP contribution in [0.2, 0.25) is 0 Å². The normalized spacial score (nSPS) is 18.7. The molecule has 2 aliphatic heterocycles. The van der Waals surface area contributed by atoms with Gasteiger partial charge in [0.1, 0.15) is 11.4 Å². The lowest BCUT2D eigenvalue weighted by atomic mass is 9.95. The van der Waals surface area contributed by atoms with E-state index in [9.17, 15) is 13.2 Å². The van der Waals surface area contributed by atoms with Crippen LogP contribution in [0.15, 0.2) is 33.7 Å². The van der Waals surface area contributed by atoms with Gasteiger partial charge in [-0.05, 0) is 62.8 Å². The van der Waals surface area contributed by atoms with E-state index in [-0.39, 0.29) is 22.5 Å². The molecule has 9 heteroatoms. The molecule has 33 heavy (non-hydrogen) atoms. The Balaban J connectivity index is 1.47. The van der Waals surface area contributed by atoms with Crippen molar-refractivity contribution in [3.63, 3.8) is 0 Å². The topological polar surface area (TPSA) is 93.0 Å². The molecule has 0 radical (unpaired) electrons. The van der Waals surface area contributed by atoms with Gasteiger partial charge in [0.25, 0.3) is 0 Å². The molecule has 0 N–H and O–H groups in total. The summed E-state index contributed by atoms with van der Waals surface area (Å²) in [5, 5.41) is 3.91. The van der Waals surface area contributed by atoms with Crippen LogP contribution >= 0.6 is 0 Å². The number of carbonyl (C=O) groups excluding carboxylic acids is 1. The molecule has 0 saturated carbocycles. The van der Waals surface area contributed by atoms with E-state index in [2.05, 4.69) is 5.16 Å². The Bertz CT molecular complexity index is 1110. The van der Waals surface area contributed by atoms with Crippen LogP contribution < -0.4 is 4.74 Å². The van der Waals surface area contributed by atoms with Crippen molar-refractivity contribution in [1.29, 1.82) is 0 Å². The van der Waals surface area contributed by atoms with E-state index in [0.717, 1.165) is 31.5 Å². The van der Waals surface area contributed by atoms with Crippen molar-refractivity contribution in [3.8, 4) is 5.75 Å². The number of sulfonamides is 1. The Labute approximate surface area is 195 Å². The molecular formula is C24H31N3O5S. The first-order valence-electron chi connectivity index (χ1n) is 11.5. The average molecular weight is 474 g/mol. The fourth-order valence-electron chi connectivity index (χ4n) is 4.56. The molecule has 4 rings (SSSR count). The average Bonchev–Trinajstić information content (AvgIpc) is 3.24. The fourth-order valence-corrected chi connectivity index (χ4v) is 6.28. The Hall–Kier alpha value is -2.65. The number of ether oxygens (including phenoxy) is 1. The zero-order chi connectivity index (χ0) is 23.4. The molecule has 2 aliphatic rings. The molecule has 2 aromatic rings. The van der Waals surface area contributed by atoms with Gasteiger partial charge in [0.2, 0.25) is 15.9 Å². The van der Waals surface area contributed by atoms with Crippen LogP contribution in [-0.4, -0.2) is 62.0 Å². The third-order valence-corrected chi connectivity index (χ3v) is 8.48. The van der Waals surface area contributed by atoms with Crippen LogP contribution in [0.4, 0.5) is 0 Å². The van der Waals surface area contributed by atoms with E-state index in [0.29, 0.717) is 37.4 Å². The fraction of sp³-hybridized carbons (Fsp3) is 0.500. The summed E-state index contributed by atoms with van der Waals surface area (Å²) in [5.41, 5.74) is 1.18. The molecule has 0 atom stereocenters. The van der Waals surface area contributed by atoms with E-state index in [1.54, 1.807) is 26.2 Å². The summed E-state index contributed by atoms with van der Waals surface area (Å²) in [4.78, 5) is 14.9. The van der Waals surface area contributed by atoms with Gasteiger partial charge in [0.15, 0.2) is 10.7 Å². The summed E-state index contributed by atoms with van der Waals surface area (Å²) in [7, 11) is -2.20. The minimum absolute atomic E-state index is 0.0856. The Morgan fingerprint density at radius 1 is 1.12 bits per heavy atom. The minimum Gasteiger partial charge on any atom is -0.497 e. The summed E-state index contributed by atoms with van der Waals surface area (Å²) in [6.07, 6.45) is 7.74. The zero-order valence-corrected chi connectivity index (χ0v) is 20.0. The first kappa shape index (κ1) is 23.5. The monoisotopic (exact) mass is 473 g/mol. The SMILES string of the molecule is COc1cccc(/C=C/c2onc(C)c2S(=O)(=O)N2CCC(C(=O)N3CCCCC3)CC2)c1. The number of rotatable bonds is 6. The van der Waals surface area contributed by atoms with Gasteiger partial charge >= 0.3 is 0 Å². The van der Waals surface area contributed by atoms with Crippen molar-refractivity contribution in [2.75, 3.05) is 33.3 Å². The summed E-state index contributed by atoms with van der Waals surface area (Å²) in [6, 6.07) is 7.43. The van der Waals surface area contributed by atoms with Gasteiger partial charge in [-0.3, -0.25) is 4.79 Å². The van der Waals surface area contributed by atoms with Crippen LogP contribution in [0.5, 0.6) is 5.75 Å². The molecule has 0 bridgehead atoms. The molecule has 0 aliphatic carbocycles. The molecule has 0 unspecified atom stereocenters. The maximum absolute atomic E-state index is 13.5. The molecular weight excluding hydrogens is 442 g/mol. The third kappa shape index (κ3) is 5.14. The van der Waals surface area contributed by atoms with E-state index >= 15 is 0 Å². The van der Waals surface area contributed by atoms with Gasteiger partial charge in [-0.2, -0.15) is 4.31 Å². The van der Waals surface area contributed by atoms with Gasteiger partial charge in [-0.1, -0.05) is 23.4 Å². The maximum Gasteiger partial charge on any atom is 0.248 e. The molecule has 1 aromatic carbocycles. The number of benzene rings is 1. The lowest BCUT2D eigenvalue weighted by Gasteiger charge is -2.35. The van der Waals surface area contributed by atoms with Crippen molar-refractivity contribution >= 4 is 28.1 Å². The first-order valence-corrected chi connectivity index (χ1v) is 12.9. The number of methoxy groups -OCH3 is 1. The minimum atomic E-state index is -3.79. The Kier molecular flexibility index (Phi) is 7.19. The highest BCUT2D eigenvalue weighted by Crippen LogP contribution is 2.30. The maximum atomic E-state index is 13.5. The lowest BCUT2D eigenvalue weighted by molar-refractivity contribution is -0.137. The number of amides is 1. The number of carbonyl (C=O) groups is 1. The highest BCUT2D eigenvalue weighted by atomic mass is 32.2. The van der Waals surface area contributed by atoms with Crippen molar-refractivity contribution < 1.29 is 22.5 Å². The van der Waals surface area contributed by atoms with Crippen LogP contribution in [0, 0.1) is 12.8 Å². The van der Waals surface area contributed by atoms with E-state index in [1.165, 1.54) is 10.7 Å². The molecule has 2 saturated heterocycles. The molecule has 1 amide bonds. The van der Waals surface area contributed by atoms with Crippen LogP contribution in [0.3, 0.4) is 0 Å². The number of likely N-dealkylation sites (tertiary alicyclic amines) is 1. The van der Waals surface area contributed by atoms with Crippen molar-refractivity contribution in [1.82, 2.24) is 14.4 Å².